The summed E-state index contributed by atoms with van der Waals surface area (Å²) in [6, 6.07) is 1.73. The molecule has 1 heterocycles. The van der Waals surface area contributed by atoms with Gasteiger partial charge in [-0.3, -0.25) is 4.98 Å². The molecule has 0 spiro atoms. The van der Waals surface area contributed by atoms with Crippen molar-refractivity contribution < 1.29 is 0 Å². The first-order valence-electron chi connectivity index (χ1n) is 3.52. The van der Waals surface area contributed by atoms with Crippen LogP contribution in [0.3, 0.4) is 0 Å². The molecule has 0 aliphatic carbocycles. The van der Waals surface area contributed by atoms with Crippen molar-refractivity contribution in [1.82, 2.24) is 4.98 Å². The van der Waals surface area contributed by atoms with Crippen molar-refractivity contribution >= 4 is 17.3 Å². The number of halogens is 1. The smallest absolute Gasteiger partial charge is 0.0644 e. The molecule has 0 unspecified atom stereocenters. The predicted molar refractivity (Wildman–Crippen MR) is 47.7 cm³/mol. The Labute approximate surface area is 71.4 Å². The van der Waals surface area contributed by atoms with E-state index in [1.54, 1.807) is 12.3 Å². The van der Waals surface area contributed by atoms with Gasteiger partial charge in [-0.1, -0.05) is 25.4 Å². The second kappa shape index (κ2) is 3.09. The number of nitrogens with two attached hydrogens (primary N) is 1. The average Bonchev–Trinajstić information content (AvgIpc) is 1.85. The summed E-state index contributed by atoms with van der Waals surface area (Å²) in [6.07, 6.45) is 1.63. The van der Waals surface area contributed by atoms with E-state index in [4.69, 9.17) is 17.3 Å². The topological polar surface area (TPSA) is 38.9 Å². The maximum Gasteiger partial charge on any atom is 0.0644 e. The Kier molecular flexibility index (Phi) is 2.35. The zero-order valence-corrected chi connectivity index (χ0v) is 7.39. The van der Waals surface area contributed by atoms with Crippen LogP contribution < -0.4 is 5.73 Å². The van der Waals surface area contributed by atoms with Gasteiger partial charge in [0.2, 0.25) is 0 Å². The van der Waals surface area contributed by atoms with Crippen LogP contribution in [0.15, 0.2) is 12.3 Å². The van der Waals surface area contributed by atoms with Crippen LogP contribution in [-0.4, -0.2) is 4.98 Å². The summed E-state index contributed by atoms with van der Waals surface area (Å²) in [5.41, 5.74) is 6.99. The second-order valence-electron chi connectivity index (χ2n) is 2.79. The molecule has 0 aliphatic heterocycles. The minimum atomic E-state index is 0.350. The highest BCUT2D eigenvalue weighted by Gasteiger charge is 2.05. The van der Waals surface area contributed by atoms with Gasteiger partial charge in [0, 0.05) is 0 Å². The van der Waals surface area contributed by atoms with Gasteiger partial charge in [0.15, 0.2) is 0 Å². The number of pyridine rings is 1. The van der Waals surface area contributed by atoms with E-state index in [9.17, 15) is 0 Å². The molecule has 3 heteroatoms. The summed E-state index contributed by atoms with van der Waals surface area (Å²) < 4.78 is 0. The number of nitrogen functional groups attached to an aromatic ring is 1. The normalized spacial score (nSPS) is 10.5. The zero-order chi connectivity index (χ0) is 8.43. The molecule has 0 atom stereocenters. The summed E-state index contributed by atoms with van der Waals surface area (Å²) in [5.74, 6) is 0.350. The van der Waals surface area contributed by atoms with Gasteiger partial charge in [-0.05, 0) is 12.0 Å². The first kappa shape index (κ1) is 8.34. The Balaban J connectivity index is 3.09. The van der Waals surface area contributed by atoms with E-state index < -0.39 is 0 Å². The van der Waals surface area contributed by atoms with Gasteiger partial charge in [0.1, 0.15) is 0 Å². The van der Waals surface area contributed by atoms with E-state index in [0.29, 0.717) is 16.6 Å². The van der Waals surface area contributed by atoms with E-state index in [2.05, 4.69) is 4.98 Å². The Morgan fingerprint density at radius 3 is 2.64 bits per heavy atom. The van der Waals surface area contributed by atoms with Gasteiger partial charge in [0.25, 0.3) is 0 Å². The largest absolute Gasteiger partial charge is 0.397 e. The van der Waals surface area contributed by atoms with E-state index in [1.807, 2.05) is 13.8 Å². The van der Waals surface area contributed by atoms with Gasteiger partial charge in [-0.15, -0.1) is 0 Å². The number of aromatic nitrogens is 1. The standard InChI is InChI=1S/C8H11ClN2/c1-5(2)8-7(9)3-6(10)4-11-8/h3-5H,10H2,1-2H3. The molecule has 0 saturated heterocycles. The van der Waals surface area contributed by atoms with Crippen molar-refractivity contribution in [3.63, 3.8) is 0 Å². The van der Waals surface area contributed by atoms with E-state index in [0.717, 1.165) is 5.69 Å². The monoisotopic (exact) mass is 170 g/mol. The highest BCUT2D eigenvalue weighted by atomic mass is 35.5. The fraction of sp³-hybridized carbons (Fsp3) is 0.375. The molecule has 2 N–H and O–H groups in total. The molecule has 0 bridgehead atoms. The maximum absolute atomic E-state index is 5.88. The van der Waals surface area contributed by atoms with Crippen LogP contribution in [0.1, 0.15) is 25.5 Å². The molecule has 60 valence electrons. The molecule has 1 rings (SSSR count). The van der Waals surface area contributed by atoms with Crippen molar-refractivity contribution in [2.75, 3.05) is 5.73 Å². The van der Waals surface area contributed by atoms with Crippen LogP contribution >= 0.6 is 11.6 Å². The van der Waals surface area contributed by atoms with Crippen molar-refractivity contribution in [3.8, 4) is 0 Å². The molecule has 0 radical (unpaired) electrons. The highest BCUT2D eigenvalue weighted by Crippen LogP contribution is 2.22. The summed E-state index contributed by atoms with van der Waals surface area (Å²) >= 11 is 5.88. The molecule has 0 amide bonds. The van der Waals surface area contributed by atoms with E-state index >= 15 is 0 Å². The van der Waals surface area contributed by atoms with Gasteiger partial charge in [-0.25, -0.2) is 0 Å². The average molecular weight is 171 g/mol. The fourth-order valence-corrected chi connectivity index (χ4v) is 1.28. The highest BCUT2D eigenvalue weighted by molar-refractivity contribution is 6.31. The Morgan fingerprint density at radius 1 is 1.55 bits per heavy atom. The minimum absolute atomic E-state index is 0.350. The molecule has 0 saturated carbocycles. The fourth-order valence-electron chi connectivity index (χ4n) is 0.888. The molecule has 0 fully saturated rings. The van der Waals surface area contributed by atoms with E-state index in [1.165, 1.54) is 0 Å². The molecule has 1 aromatic heterocycles. The number of nitrogens with zero attached hydrogens (tertiary/aromatic N) is 1. The summed E-state index contributed by atoms with van der Waals surface area (Å²) in [7, 11) is 0. The van der Waals surface area contributed by atoms with Crippen molar-refractivity contribution in [1.29, 1.82) is 0 Å². The number of anilines is 1. The minimum Gasteiger partial charge on any atom is -0.397 e. The van der Waals surface area contributed by atoms with Crippen LogP contribution in [-0.2, 0) is 0 Å². The van der Waals surface area contributed by atoms with Gasteiger partial charge in [0.05, 0.1) is 22.6 Å². The van der Waals surface area contributed by atoms with Crippen LogP contribution in [0.4, 0.5) is 5.69 Å². The Bertz CT molecular complexity index is 258. The lowest BCUT2D eigenvalue weighted by molar-refractivity contribution is 0.824. The lowest BCUT2D eigenvalue weighted by Crippen LogP contribution is -1.95. The van der Waals surface area contributed by atoms with Gasteiger partial charge < -0.3 is 5.73 Å². The van der Waals surface area contributed by atoms with Crippen molar-refractivity contribution in [2.24, 2.45) is 0 Å². The third-order valence-electron chi connectivity index (χ3n) is 1.44. The molecule has 0 aromatic carbocycles. The summed E-state index contributed by atoms with van der Waals surface area (Å²) in [5, 5.41) is 0.653. The SMILES string of the molecule is CC(C)c1ncc(N)cc1Cl. The maximum atomic E-state index is 5.88. The summed E-state index contributed by atoms with van der Waals surface area (Å²) in [6.45, 7) is 4.09. The first-order chi connectivity index (χ1) is 5.11. The first-order valence-corrected chi connectivity index (χ1v) is 3.90. The zero-order valence-electron chi connectivity index (χ0n) is 6.63. The molecular formula is C8H11ClN2. The Hall–Kier alpha value is -0.760. The van der Waals surface area contributed by atoms with Crippen LogP contribution in [0.2, 0.25) is 5.02 Å². The van der Waals surface area contributed by atoms with Gasteiger partial charge in [-0.2, -0.15) is 0 Å². The predicted octanol–water partition coefficient (Wildman–Crippen LogP) is 2.44. The van der Waals surface area contributed by atoms with Crippen molar-refractivity contribution in [2.45, 2.75) is 19.8 Å². The number of hydrogen-bond donors (Lipinski definition) is 1. The van der Waals surface area contributed by atoms with Crippen LogP contribution in [0.25, 0.3) is 0 Å². The molecular weight excluding hydrogens is 160 g/mol. The second-order valence-corrected chi connectivity index (χ2v) is 3.20. The van der Waals surface area contributed by atoms with Crippen LogP contribution in [0, 0.1) is 0 Å². The quantitative estimate of drug-likeness (QED) is 0.703. The lowest BCUT2D eigenvalue weighted by atomic mass is 10.1. The van der Waals surface area contributed by atoms with Crippen LogP contribution in [0.5, 0.6) is 0 Å². The molecule has 11 heavy (non-hydrogen) atoms. The molecule has 0 aliphatic rings. The van der Waals surface area contributed by atoms with Gasteiger partial charge >= 0.3 is 0 Å². The lowest BCUT2D eigenvalue weighted by Gasteiger charge is -2.06. The molecule has 2 nitrogen and oxygen atoms in total. The molecule has 1 aromatic rings. The Morgan fingerprint density at radius 2 is 2.18 bits per heavy atom. The third kappa shape index (κ3) is 1.84. The number of rotatable bonds is 1. The summed E-state index contributed by atoms with van der Waals surface area (Å²) in [4.78, 5) is 4.12. The van der Waals surface area contributed by atoms with E-state index in [-0.39, 0.29) is 0 Å². The third-order valence-corrected chi connectivity index (χ3v) is 1.74. The number of hydrogen-bond acceptors (Lipinski definition) is 2. The van der Waals surface area contributed by atoms with Crippen molar-refractivity contribution in [3.05, 3.63) is 23.0 Å².